The van der Waals surface area contributed by atoms with E-state index in [2.05, 4.69) is 38.1 Å². The van der Waals surface area contributed by atoms with Gasteiger partial charge in [0.15, 0.2) is 5.76 Å². The Labute approximate surface area is 120 Å². The van der Waals surface area contributed by atoms with Crippen molar-refractivity contribution < 1.29 is 9.53 Å². The molecule has 2 nitrogen and oxygen atoms in total. The van der Waals surface area contributed by atoms with Crippen LogP contribution in [0.15, 0.2) is 35.6 Å². The minimum absolute atomic E-state index is 0.0887. The Morgan fingerprint density at radius 2 is 2.00 bits per heavy atom. The lowest BCUT2D eigenvalue weighted by Crippen LogP contribution is -2.17. The third-order valence-electron chi connectivity index (χ3n) is 4.50. The fraction of sp³-hybridized carbons (Fsp3) is 0.500. The number of hydrogen-bond acceptors (Lipinski definition) is 2. The van der Waals surface area contributed by atoms with E-state index in [0.29, 0.717) is 12.4 Å². The Kier molecular flexibility index (Phi) is 3.64. The molecule has 2 atom stereocenters. The van der Waals surface area contributed by atoms with Gasteiger partial charge in [-0.15, -0.1) is 0 Å². The van der Waals surface area contributed by atoms with Gasteiger partial charge in [-0.3, -0.25) is 4.79 Å². The maximum atomic E-state index is 12.6. The second-order valence-electron chi connectivity index (χ2n) is 5.95. The van der Waals surface area contributed by atoms with Gasteiger partial charge in [-0.05, 0) is 37.3 Å². The summed E-state index contributed by atoms with van der Waals surface area (Å²) < 4.78 is 5.70. The summed E-state index contributed by atoms with van der Waals surface area (Å²) in [6.07, 6.45) is 4.04. The Morgan fingerprint density at radius 3 is 2.70 bits per heavy atom. The summed E-state index contributed by atoms with van der Waals surface area (Å²) in [5.41, 5.74) is 3.79. The van der Waals surface area contributed by atoms with Gasteiger partial charge in [-0.2, -0.15) is 0 Å². The fourth-order valence-electron chi connectivity index (χ4n) is 3.55. The second kappa shape index (κ2) is 5.43. The first-order valence-electron chi connectivity index (χ1n) is 7.69. The molecule has 0 radical (unpaired) electrons. The van der Waals surface area contributed by atoms with E-state index in [9.17, 15) is 4.79 Å². The van der Waals surface area contributed by atoms with Gasteiger partial charge in [0.1, 0.15) is 0 Å². The third kappa shape index (κ3) is 2.17. The van der Waals surface area contributed by atoms with Crippen LogP contribution in [0.25, 0.3) is 0 Å². The van der Waals surface area contributed by atoms with Crippen LogP contribution < -0.4 is 0 Å². The SMILES string of the molecule is CCC[C@H]1C(=O)C2=C(CCCO2)[C@@H]1c1ccc(C)cc1. The van der Waals surface area contributed by atoms with Gasteiger partial charge in [0, 0.05) is 11.8 Å². The van der Waals surface area contributed by atoms with E-state index < -0.39 is 0 Å². The van der Waals surface area contributed by atoms with Crippen molar-refractivity contribution >= 4 is 5.78 Å². The summed E-state index contributed by atoms with van der Waals surface area (Å²) in [5, 5.41) is 0. The van der Waals surface area contributed by atoms with Gasteiger partial charge in [0.2, 0.25) is 5.78 Å². The Hall–Kier alpha value is -1.57. The number of ether oxygens (including phenoxy) is 1. The monoisotopic (exact) mass is 270 g/mol. The molecule has 0 bridgehead atoms. The number of carbonyl (C=O) groups excluding carboxylic acids is 1. The molecule has 0 saturated carbocycles. The smallest absolute Gasteiger partial charge is 0.201 e. The highest BCUT2D eigenvalue weighted by molar-refractivity contribution is 6.00. The van der Waals surface area contributed by atoms with Crippen LogP contribution in [0.1, 0.15) is 49.7 Å². The fourth-order valence-corrected chi connectivity index (χ4v) is 3.55. The van der Waals surface area contributed by atoms with E-state index in [-0.39, 0.29) is 17.6 Å². The van der Waals surface area contributed by atoms with Crippen molar-refractivity contribution in [2.75, 3.05) is 6.61 Å². The van der Waals surface area contributed by atoms with Gasteiger partial charge in [0.25, 0.3) is 0 Å². The van der Waals surface area contributed by atoms with Gasteiger partial charge < -0.3 is 4.74 Å². The number of Topliss-reactive ketones (excluding diaryl/α,β-unsaturated/α-hetero) is 1. The first-order chi connectivity index (χ1) is 9.72. The summed E-state index contributed by atoms with van der Waals surface area (Å²) in [5.74, 6) is 1.27. The van der Waals surface area contributed by atoms with E-state index in [1.54, 1.807) is 0 Å². The molecular weight excluding hydrogens is 248 g/mol. The molecule has 1 aliphatic carbocycles. The molecule has 1 aromatic carbocycles. The van der Waals surface area contributed by atoms with Crippen LogP contribution in [0, 0.1) is 12.8 Å². The van der Waals surface area contributed by atoms with Crippen LogP contribution in [-0.2, 0) is 9.53 Å². The second-order valence-corrected chi connectivity index (χ2v) is 5.95. The highest BCUT2D eigenvalue weighted by Gasteiger charge is 2.43. The summed E-state index contributed by atoms with van der Waals surface area (Å²) in [4.78, 5) is 12.6. The van der Waals surface area contributed by atoms with Crippen molar-refractivity contribution in [3.8, 4) is 0 Å². The summed E-state index contributed by atoms with van der Waals surface area (Å²) in [7, 11) is 0. The predicted octanol–water partition coefficient (Wildman–Crippen LogP) is 4.14. The van der Waals surface area contributed by atoms with E-state index in [0.717, 1.165) is 25.7 Å². The zero-order chi connectivity index (χ0) is 14.1. The number of aryl methyl sites for hydroxylation is 1. The molecule has 0 unspecified atom stereocenters. The normalized spacial score (nSPS) is 25.6. The maximum Gasteiger partial charge on any atom is 0.201 e. The van der Waals surface area contributed by atoms with Gasteiger partial charge >= 0.3 is 0 Å². The molecule has 1 aliphatic heterocycles. The van der Waals surface area contributed by atoms with E-state index in [1.165, 1.54) is 16.7 Å². The molecule has 0 amide bonds. The van der Waals surface area contributed by atoms with Crippen LogP contribution in [0.5, 0.6) is 0 Å². The Balaban J connectivity index is 2.01. The summed E-state index contributed by atoms with van der Waals surface area (Å²) in [6, 6.07) is 8.65. The van der Waals surface area contributed by atoms with Gasteiger partial charge in [-0.25, -0.2) is 0 Å². The molecule has 0 N–H and O–H groups in total. The lowest BCUT2D eigenvalue weighted by molar-refractivity contribution is -0.122. The molecule has 2 aliphatic rings. The quantitative estimate of drug-likeness (QED) is 0.825. The Morgan fingerprint density at radius 1 is 1.25 bits per heavy atom. The van der Waals surface area contributed by atoms with Crippen molar-refractivity contribution in [1.29, 1.82) is 0 Å². The molecule has 2 heteroatoms. The average Bonchev–Trinajstić information content (AvgIpc) is 2.74. The Bertz CT molecular complexity index is 539. The van der Waals surface area contributed by atoms with Crippen molar-refractivity contribution in [2.45, 2.75) is 45.4 Å². The van der Waals surface area contributed by atoms with Crippen LogP contribution in [0.2, 0.25) is 0 Å². The van der Waals surface area contributed by atoms with Gasteiger partial charge in [0.05, 0.1) is 6.61 Å². The molecule has 1 aromatic rings. The molecule has 0 saturated heterocycles. The first-order valence-corrected chi connectivity index (χ1v) is 7.69. The predicted molar refractivity (Wildman–Crippen MR) is 79.5 cm³/mol. The van der Waals surface area contributed by atoms with Crippen molar-refractivity contribution in [1.82, 2.24) is 0 Å². The zero-order valence-corrected chi connectivity index (χ0v) is 12.3. The van der Waals surface area contributed by atoms with E-state index in [4.69, 9.17) is 4.74 Å². The molecule has 106 valence electrons. The van der Waals surface area contributed by atoms with Crippen LogP contribution in [-0.4, -0.2) is 12.4 Å². The molecule has 0 aromatic heterocycles. The third-order valence-corrected chi connectivity index (χ3v) is 4.50. The minimum Gasteiger partial charge on any atom is -0.490 e. The molecule has 1 heterocycles. The number of carbonyl (C=O) groups is 1. The lowest BCUT2D eigenvalue weighted by Gasteiger charge is -2.22. The van der Waals surface area contributed by atoms with E-state index in [1.807, 2.05) is 0 Å². The van der Waals surface area contributed by atoms with Crippen molar-refractivity contribution in [3.05, 3.63) is 46.7 Å². The molecular formula is C18H22O2. The molecule has 0 fully saturated rings. The average molecular weight is 270 g/mol. The maximum absolute atomic E-state index is 12.6. The number of hydrogen-bond donors (Lipinski definition) is 0. The van der Waals surface area contributed by atoms with Crippen molar-refractivity contribution in [2.24, 2.45) is 5.92 Å². The lowest BCUT2D eigenvalue weighted by atomic mass is 9.80. The summed E-state index contributed by atoms with van der Waals surface area (Å²) >= 11 is 0. The molecule has 20 heavy (non-hydrogen) atoms. The van der Waals surface area contributed by atoms with Crippen LogP contribution >= 0.6 is 0 Å². The molecule has 0 spiro atoms. The minimum atomic E-state index is 0.0887. The van der Waals surface area contributed by atoms with Crippen molar-refractivity contribution in [3.63, 3.8) is 0 Å². The molecule has 3 rings (SSSR count). The number of benzene rings is 1. The van der Waals surface area contributed by atoms with Crippen LogP contribution in [0.4, 0.5) is 0 Å². The highest BCUT2D eigenvalue weighted by Crippen LogP contribution is 2.47. The topological polar surface area (TPSA) is 26.3 Å². The largest absolute Gasteiger partial charge is 0.490 e. The summed E-state index contributed by atoms with van der Waals surface area (Å²) in [6.45, 7) is 4.95. The standard InChI is InChI=1S/C18H22O2/c1-3-5-14-16(13-9-7-12(2)8-10-13)15-6-4-11-20-18(15)17(14)19/h7-10,14,16H,3-6,11H2,1-2H3/t14-,16-/m1/s1. The highest BCUT2D eigenvalue weighted by atomic mass is 16.5. The number of rotatable bonds is 3. The van der Waals surface area contributed by atoms with Gasteiger partial charge in [-0.1, -0.05) is 43.2 Å². The first kappa shape index (κ1) is 13.4. The van der Waals surface area contributed by atoms with Crippen LogP contribution in [0.3, 0.4) is 0 Å². The van der Waals surface area contributed by atoms with E-state index >= 15 is 0 Å². The zero-order valence-electron chi connectivity index (χ0n) is 12.3. The number of ketones is 1. The number of allylic oxidation sites excluding steroid dienone is 2.